The smallest absolute Gasteiger partial charge is 0.416 e. The summed E-state index contributed by atoms with van der Waals surface area (Å²) >= 11 is 1.41. The van der Waals surface area contributed by atoms with E-state index in [9.17, 15) is 23.2 Å². The first-order valence-electron chi connectivity index (χ1n) is 8.03. The van der Waals surface area contributed by atoms with Crippen LogP contribution in [0.3, 0.4) is 0 Å². The van der Waals surface area contributed by atoms with Gasteiger partial charge in [-0.3, -0.25) is 4.79 Å². The SMILES string of the molecule is N#Cc1c(NC(=O)COc2ccc(C(F)(F)F)cc2)sc2c1CCCC2. The lowest BCUT2D eigenvalue weighted by Gasteiger charge is -2.10. The number of alkyl halides is 3. The van der Waals surface area contributed by atoms with Crippen molar-refractivity contribution in [3.63, 3.8) is 0 Å². The number of halogens is 3. The van der Waals surface area contributed by atoms with E-state index in [0.717, 1.165) is 48.3 Å². The molecule has 1 aliphatic rings. The molecule has 3 rings (SSSR count). The van der Waals surface area contributed by atoms with Crippen molar-refractivity contribution in [3.05, 3.63) is 45.8 Å². The third-order valence-electron chi connectivity index (χ3n) is 4.09. The van der Waals surface area contributed by atoms with Crippen LogP contribution in [0.25, 0.3) is 0 Å². The molecule has 0 aliphatic heterocycles. The predicted molar refractivity (Wildman–Crippen MR) is 91.2 cm³/mol. The van der Waals surface area contributed by atoms with Gasteiger partial charge in [-0.15, -0.1) is 11.3 Å². The number of anilines is 1. The van der Waals surface area contributed by atoms with Crippen LogP contribution in [0, 0.1) is 11.3 Å². The molecule has 0 saturated carbocycles. The van der Waals surface area contributed by atoms with Gasteiger partial charge in [-0.2, -0.15) is 18.4 Å². The van der Waals surface area contributed by atoms with Crippen molar-refractivity contribution in [2.24, 2.45) is 0 Å². The molecule has 2 aromatic rings. The number of thiophene rings is 1. The van der Waals surface area contributed by atoms with Gasteiger partial charge in [-0.25, -0.2) is 0 Å². The Morgan fingerprint density at radius 3 is 2.58 bits per heavy atom. The van der Waals surface area contributed by atoms with E-state index in [2.05, 4.69) is 11.4 Å². The highest BCUT2D eigenvalue weighted by Gasteiger charge is 2.30. The fourth-order valence-corrected chi connectivity index (χ4v) is 4.08. The molecule has 1 amide bonds. The zero-order valence-electron chi connectivity index (χ0n) is 13.7. The van der Waals surface area contributed by atoms with Gasteiger partial charge >= 0.3 is 6.18 Å². The lowest BCUT2D eigenvalue weighted by molar-refractivity contribution is -0.137. The number of aryl methyl sites for hydroxylation is 1. The van der Waals surface area contributed by atoms with E-state index < -0.39 is 17.6 Å². The highest BCUT2D eigenvalue weighted by Crippen LogP contribution is 2.37. The Kier molecular flexibility index (Phi) is 5.18. The Morgan fingerprint density at radius 1 is 1.23 bits per heavy atom. The Labute approximate surface area is 152 Å². The first-order valence-corrected chi connectivity index (χ1v) is 8.84. The maximum Gasteiger partial charge on any atom is 0.416 e. The number of amides is 1. The van der Waals surface area contributed by atoms with Gasteiger partial charge in [-0.1, -0.05) is 0 Å². The number of nitrogens with one attached hydrogen (secondary N) is 1. The molecule has 0 spiro atoms. The quantitative estimate of drug-likeness (QED) is 0.847. The van der Waals surface area contributed by atoms with Gasteiger partial charge in [-0.05, 0) is 55.5 Å². The number of nitriles is 1. The summed E-state index contributed by atoms with van der Waals surface area (Å²) in [7, 11) is 0. The van der Waals surface area contributed by atoms with E-state index in [-0.39, 0.29) is 12.4 Å². The number of hydrogen-bond donors (Lipinski definition) is 1. The Bertz CT molecular complexity index is 851. The van der Waals surface area contributed by atoms with E-state index in [1.165, 1.54) is 23.5 Å². The summed E-state index contributed by atoms with van der Waals surface area (Å²) in [5.74, 6) is -0.292. The second kappa shape index (κ2) is 7.38. The standard InChI is InChI=1S/C18H15F3N2O2S/c19-18(20,21)11-5-7-12(8-6-11)25-10-16(24)23-17-14(9-22)13-3-1-2-4-15(13)26-17/h5-8H,1-4,10H2,(H,23,24). The van der Waals surface area contributed by atoms with Crippen LogP contribution in [0.2, 0.25) is 0 Å². The lowest BCUT2D eigenvalue weighted by Crippen LogP contribution is -2.20. The van der Waals surface area contributed by atoms with Crippen molar-refractivity contribution in [1.29, 1.82) is 5.26 Å². The van der Waals surface area contributed by atoms with Crippen molar-refractivity contribution in [1.82, 2.24) is 0 Å². The van der Waals surface area contributed by atoms with Crippen molar-refractivity contribution in [2.75, 3.05) is 11.9 Å². The van der Waals surface area contributed by atoms with E-state index in [0.29, 0.717) is 10.6 Å². The van der Waals surface area contributed by atoms with Crippen LogP contribution in [0.4, 0.5) is 18.2 Å². The topological polar surface area (TPSA) is 62.1 Å². The molecule has 0 radical (unpaired) electrons. The van der Waals surface area contributed by atoms with Crippen LogP contribution in [0.1, 0.15) is 34.4 Å². The largest absolute Gasteiger partial charge is 0.484 e. The fraction of sp³-hybridized carbons (Fsp3) is 0.333. The minimum absolute atomic E-state index is 0.166. The van der Waals surface area contributed by atoms with Gasteiger partial charge in [0.1, 0.15) is 16.8 Å². The van der Waals surface area contributed by atoms with Gasteiger partial charge in [0, 0.05) is 4.88 Å². The summed E-state index contributed by atoms with van der Waals surface area (Å²) < 4.78 is 42.8. The van der Waals surface area contributed by atoms with Gasteiger partial charge in [0.15, 0.2) is 6.61 Å². The summed E-state index contributed by atoms with van der Waals surface area (Å²) in [6, 6.07) is 6.28. The number of benzene rings is 1. The van der Waals surface area contributed by atoms with Crippen LogP contribution >= 0.6 is 11.3 Å². The summed E-state index contributed by atoms with van der Waals surface area (Å²) in [6.07, 6.45) is -0.563. The normalized spacial score (nSPS) is 13.6. The summed E-state index contributed by atoms with van der Waals surface area (Å²) in [5, 5.41) is 12.5. The van der Waals surface area contributed by atoms with Crippen LogP contribution < -0.4 is 10.1 Å². The third-order valence-corrected chi connectivity index (χ3v) is 5.29. The van der Waals surface area contributed by atoms with Gasteiger partial charge in [0.2, 0.25) is 0 Å². The van der Waals surface area contributed by atoms with Crippen LogP contribution in [0.5, 0.6) is 5.75 Å². The molecule has 4 nitrogen and oxygen atoms in total. The molecule has 1 N–H and O–H groups in total. The molecule has 1 aliphatic carbocycles. The average Bonchev–Trinajstić information content (AvgIpc) is 2.96. The lowest BCUT2D eigenvalue weighted by atomic mass is 9.96. The number of carbonyl (C=O) groups excluding carboxylic acids is 1. The van der Waals surface area contributed by atoms with E-state index >= 15 is 0 Å². The van der Waals surface area contributed by atoms with Crippen molar-refractivity contribution < 1.29 is 22.7 Å². The van der Waals surface area contributed by atoms with Crippen LogP contribution in [-0.2, 0) is 23.8 Å². The van der Waals surface area contributed by atoms with Crippen molar-refractivity contribution >= 4 is 22.2 Å². The number of rotatable bonds is 4. The average molecular weight is 380 g/mol. The highest BCUT2D eigenvalue weighted by molar-refractivity contribution is 7.16. The second-order valence-corrected chi connectivity index (χ2v) is 6.99. The molecule has 0 bridgehead atoms. The molecule has 0 fully saturated rings. The molecule has 1 aromatic heterocycles. The monoisotopic (exact) mass is 380 g/mol. The molecule has 0 saturated heterocycles. The number of carbonyl (C=O) groups is 1. The van der Waals surface area contributed by atoms with Gasteiger partial charge < -0.3 is 10.1 Å². The van der Waals surface area contributed by atoms with Gasteiger partial charge in [0.05, 0.1) is 11.1 Å². The van der Waals surface area contributed by atoms with E-state index in [1.54, 1.807) is 0 Å². The van der Waals surface area contributed by atoms with Crippen LogP contribution in [-0.4, -0.2) is 12.5 Å². The zero-order valence-corrected chi connectivity index (χ0v) is 14.5. The third kappa shape index (κ3) is 3.99. The van der Waals surface area contributed by atoms with Crippen molar-refractivity contribution in [3.8, 4) is 11.8 Å². The Hall–Kier alpha value is -2.53. The fourth-order valence-electron chi connectivity index (χ4n) is 2.82. The molecule has 136 valence electrons. The summed E-state index contributed by atoms with van der Waals surface area (Å²) in [5.41, 5.74) is 0.743. The van der Waals surface area contributed by atoms with E-state index in [4.69, 9.17) is 4.74 Å². The van der Waals surface area contributed by atoms with Crippen LogP contribution in [0.15, 0.2) is 24.3 Å². The van der Waals surface area contributed by atoms with Crippen molar-refractivity contribution in [2.45, 2.75) is 31.9 Å². The molecule has 0 atom stereocenters. The molecular formula is C18H15F3N2O2S. The number of nitrogens with zero attached hydrogens (tertiary/aromatic N) is 1. The molecule has 8 heteroatoms. The summed E-state index contributed by atoms with van der Waals surface area (Å²) in [6.45, 7) is -0.348. The molecule has 1 heterocycles. The Morgan fingerprint density at radius 2 is 1.92 bits per heavy atom. The minimum atomic E-state index is -4.41. The van der Waals surface area contributed by atoms with Gasteiger partial charge in [0.25, 0.3) is 5.91 Å². The minimum Gasteiger partial charge on any atom is -0.484 e. The summed E-state index contributed by atoms with van der Waals surface area (Å²) in [4.78, 5) is 13.2. The molecule has 1 aromatic carbocycles. The maximum absolute atomic E-state index is 12.5. The Balaban J connectivity index is 1.61. The highest BCUT2D eigenvalue weighted by atomic mass is 32.1. The second-order valence-electron chi connectivity index (χ2n) is 5.89. The molecule has 0 unspecified atom stereocenters. The zero-order chi connectivity index (χ0) is 18.7. The molecule has 26 heavy (non-hydrogen) atoms. The first kappa shape index (κ1) is 18.3. The van der Waals surface area contributed by atoms with E-state index in [1.807, 2.05) is 0 Å². The number of hydrogen-bond acceptors (Lipinski definition) is 4. The predicted octanol–water partition coefficient (Wildman–Crippen LogP) is 4.53. The number of fused-ring (bicyclic) bond motifs is 1. The molecular weight excluding hydrogens is 365 g/mol. The number of ether oxygens (including phenoxy) is 1. The maximum atomic E-state index is 12.5. The first-order chi connectivity index (χ1) is 12.4.